The maximum Gasteiger partial charge on any atom is 0.333 e. The fraction of sp³-hybridized carbons (Fsp3) is 0.800. The maximum atomic E-state index is 11.4. The van der Waals surface area contributed by atoms with E-state index in [0.717, 1.165) is 19.6 Å². The zero-order valence-corrected chi connectivity index (χ0v) is 15.1. The zero-order valence-electron chi connectivity index (χ0n) is 14.3. The molecule has 0 aromatic rings. The van der Waals surface area contributed by atoms with Gasteiger partial charge in [-0.05, 0) is 32.9 Å². The molecular formula is C15H29NO6S. The van der Waals surface area contributed by atoms with Gasteiger partial charge in [-0.1, -0.05) is 20.4 Å². The van der Waals surface area contributed by atoms with Gasteiger partial charge in [0.1, 0.15) is 6.61 Å². The van der Waals surface area contributed by atoms with Crippen molar-refractivity contribution in [1.82, 2.24) is 4.90 Å². The Hall–Kier alpha value is -0.960. The Labute approximate surface area is 139 Å². The van der Waals surface area contributed by atoms with Crippen molar-refractivity contribution in [3.05, 3.63) is 12.2 Å². The van der Waals surface area contributed by atoms with Gasteiger partial charge >= 0.3 is 5.97 Å². The first-order valence-corrected chi connectivity index (χ1v) is 9.42. The van der Waals surface area contributed by atoms with E-state index in [0.29, 0.717) is 18.6 Å². The predicted octanol–water partition coefficient (Wildman–Crippen LogP) is 1.50. The number of carbonyl (C=O) groups is 1. The van der Waals surface area contributed by atoms with E-state index in [1.807, 2.05) is 0 Å². The van der Waals surface area contributed by atoms with Crippen LogP contribution in [0, 0.1) is 0 Å². The highest BCUT2D eigenvalue weighted by Gasteiger charge is 2.15. The lowest BCUT2D eigenvalue weighted by Gasteiger charge is -2.22. The van der Waals surface area contributed by atoms with Crippen molar-refractivity contribution in [1.29, 1.82) is 0 Å². The molecule has 0 aromatic heterocycles. The maximum absolute atomic E-state index is 11.4. The van der Waals surface area contributed by atoms with Crippen molar-refractivity contribution in [2.24, 2.45) is 0 Å². The molecule has 0 radical (unpaired) electrons. The number of ether oxygens (including phenoxy) is 2. The molecule has 0 aliphatic carbocycles. The molecule has 8 heteroatoms. The van der Waals surface area contributed by atoms with Crippen molar-refractivity contribution in [2.45, 2.75) is 39.7 Å². The normalized spacial score (nSPS) is 13.1. The van der Waals surface area contributed by atoms with Crippen LogP contribution in [0.3, 0.4) is 0 Å². The molecule has 0 amide bonds. The Morgan fingerprint density at radius 1 is 1.30 bits per heavy atom. The molecule has 0 rings (SSSR count). The fourth-order valence-electron chi connectivity index (χ4n) is 1.89. The van der Waals surface area contributed by atoms with Crippen LogP contribution >= 0.6 is 0 Å². The summed E-state index contributed by atoms with van der Waals surface area (Å²) in [6.45, 7) is 12.2. The molecule has 1 unspecified atom stereocenters. The summed E-state index contributed by atoms with van der Waals surface area (Å²) in [6.07, 6.45) is 0.205. The van der Waals surface area contributed by atoms with Gasteiger partial charge in [0.15, 0.2) is 0 Å². The van der Waals surface area contributed by atoms with E-state index in [9.17, 15) is 13.2 Å². The van der Waals surface area contributed by atoms with E-state index >= 15 is 0 Å². The topological polar surface area (TPSA) is 93.1 Å². The van der Waals surface area contributed by atoms with Crippen LogP contribution in [0.2, 0.25) is 0 Å². The van der Waals surface area contributed by atoms with Crippen LogP contribution in [0.4, 0.5) is 0 Å². The second-order valence-electron chi connectivity index (χ2n) is 5.33. The van der Waals surface area contributed by atoms with Crippen molar-refractivity contribution >= 4 is 16.1 Å². The third kappa shape index (κ3) is 12.2. The predicted molar refractivity (Wildman–Crippen MR) is 89.0 cm³/mol. The fourth-order valence-corrected chi connectivity index (χ4v) is 2.42. The SMILES string of the molecule is C=C(C)C(=O)OCC(CCCS(=O)(=O)O)OCCN(CC)CC. The van der Waals surface area contributed by atoms with Gasteiger partial charge in [-0.3, -0.25) is 4.55 Å². The standard InChI is InChI=1S/C15H29NO6S/c1-5-16(6-2)9-10-21-14(8-7-11-23(18,19)20)12-22-15(17)13(3)4/h14H,3,5-12H2,1-2,4H3,(H,18,19,20). The molecule has 0 saturated carbocycles. The molecule has 23 heavy (non-hydrogen) atoms. The summed E-state index contributed by atoms with van der Waals surface area (Å²) < 4.78 is 41.0. The van der Waals surface area contributed by atoms with Gasteiger partial charge in [-0.25, -0.2) is 4.79 Å². The second-order valence-corrected chi connectivity index (χ2v) is 6.90. The third-order valence-electron chi connectivity index (χ3n) is 3.33. The van der Waals surface area contributed by atoms with Gasteiger partial charge in [-0.15, -0.1) is 0 Å². The monoisotopic (exact) mass is 351 g/mol. The molecule has 136 valence electrons. The van der Waals surface area contributed by atoms with Crippen LogP contribution in [0.25, 0.3) is 0 Å². The molecule has 7 nitrogen and oxygen atoms in total. The molecule has 1 N–H and O–H groups in total. The van der Waals surface area contributed by atoms with E-state index in [1.54, 1.807) is 6.92 Å². The molecule has 0 aromatic carbocycles. The van der Waals surface area contributed by atoms with Crippen LogP contribution in [-0.4, -0.2) is 68.5 Å². The number of rotatable bonds is 13. The summed E-state index contributed by atoms with van der Waals surface area (Å²) >= 11 is 0. The number of hydrogen-bond acceptors (Lipinski definition) is 6. The van der Waals surface area contributed by atoms with Gasteiger partial charge in [0.2, 0.25) is 0 Å². The van der Waals surface area contributed by atoms with E-state index < -0.39 is 22.2 Å². The largest absolute Gasteiger partial charge is 0.460 e. The minimum atomic E-state index is -3.99. The minimum Gasteiger partial charge on any atom is -0.460 e. The number of esters is 1. The number of hydrogen-bond donors (Lipinski definition) is 1. The molecule has 0 spiro atoms. The average molecular weight is 351 g/mol. The Kier molecular flexibility index (Phi) is 11.1. The van der Waals surface area contributed by atoms with Crippen molar-refractivity contribution < 1.29 is 27.2 Å². The highest BCUT2D eigenvalue weighted by atomic mass is 32.2. The van der Waals surface area contributed by atoms with Crippen LogP contribution in [0.1, 0.15) is 33.6 Å². The number of nitrogens with zero attached hydrogens (tertiary/aromatic N) is 1. The van der Waals surface area contributed by atoms with Gasteiger partial charge in [-0.2, -0.15) is 8.42 Å². The molecule has 0 fully saturated rings. The van der Waals surface area contributed by atoms with Gasteiger partial charge in [0, 0.05) is 12.1 Å². The lowest BCUT2D eigenvalue weighted by Crippen LogP contribution is -2.30. The molecule has 0 aliphatic rings. The molecule has 0 bridgehead atoms. The van der Waals surface area contributed by atoms with Crippen LogP contribution < -0.4 is 0 Å². The van der Waals surface area contributed by atoms with Gasteiger partial charge in [0.05, 0.1) is 18.5 Å². The summed E-state index contributed by atoms with van der Waals surface area (Å²) in [5, 5.41) is 0. The highest BCUT2D eigenvalue weighted by molar-refractivity contribution is 7.85. The van der Waals surface area contributed by atoms with Crippen molar-refractivity contribution in [3.8, 4) is 0 Å². The van der Waals surface area contributed by atoms with E-state index in [2.05, 4.69) is 25.3 Å². The average Bonchev–Trinajstić information content (AvgIpc) is 2.46. The van der Waals surface area contributed by atoms with Gasteiger partial charge < -0.3 is 14.4 Å². The number of likely N-dealkylation sites (N-methyl/N-ethyl adjacent to an activating group) is 1. The lowest BCUT2D eigenvalue weighted by molar-refractivity contribution is -0.143. The van der Waals surface area contributed by atoms with E-state index in [1.165, 1.54) is 0 Å². The van der Waals surface area contributed by atoms with Crippen molar-refractivity contribution in [2.75, 3.05) is 38.6 Å². The summed E-state index contributed by atoms with van der Waals surface area (Å²) in [4.78, 5) is 13.6. The summed E-state index contributed by atoms with van der Waals surface area (Å²) in [7, 11) is -3.99. The Morgan fingerprint density at radius 2 is 1.91 bits per heavy atom. The first kappa shape index (κ1) is 22.0. The Bertz CT molecular complexity index is 459. The molecule has 0 heterocycles. The lowest BCUT2D eigenvalue weighted by atomic mass is 10.2. The zero-order chi connectivity index (χ0) is 17.9. The summed E-state index contributed by atoms with van der Waals surface area (Å²) in [5.41, 5.74) is 0.296. The first-order chi connectivity index (χ1) is 10.7. The minimum absolute atomic E-state index is 0.0371. The summed E-state index contributed by atoms with van der Waals surface area (Å²) in [6, 6.07) is 0. The Balaban J connectivity index is 4.35. The molecular weight excluding hydrogens is 322 g/mol. The van der Waals surface area contributed by atoms with Gasteiger partial charge in [0.25, 0.3) is 10.1 Å². The first-order valence-electron chi connectivity index (χ1n) is 7.81. The van der Waals surface area contributed by atoms with Crippen LogP contribution in [0.15, 0.2) is 12.2 Å². The van der Waals surface area contributed by atoms with Crippen LogP contribution in [0.5, 0.6) is 0 Å². The van der Waals surface area contributed by atoms with E-state index in [-0.39, 0.29) is 18.8 Å². The molecule has 0 saturated heterocycles. The summed E-state index contributed by atoms with van der Waals surface area (Å²) in [5.74, 6) is -0.839. The number of carbonyl (C=O) groups excluding carboxylic acids is 1. The Morgan fingerprint density at radius 3 is 2.39 bits per heavy atom. The van der Waals surface area contributed by atoms with Crippen LogP contribution in [-0.2, 0) is 24.4 Å². The molecule has 0 aliphatic heterocycles. The van der Waals surface area contributed by atoms with E-state index in [4.69, 9.17) is 14.0 Å². The third-order valence-corrected chi connectivity index (χ3v) is 4.14. The van der Waals surface area contributed by atoms with Crippen molar-refractivity contribution in [3.63, 3.8) is 0 Å². The highest BCUT2D eigenvalue weighted by Crippen LogP contribution is 2.07. The second kappa shape index (κ2) is 11.6. The molecule has 1 atom stereocenters. The quantitative estimate of drug-likeness (QED) is 0.305. The smallest absolute Gasteiger partial charge is 0.333 e.